The summed E-state index contributed by atoms with van der Waals surface area (Å²) in [5.41, 5.74) is 0.394. The Morgan fingerprint density at radius 3 is 2.41 bits per heavy atom. The number of nitrogens with zero attached hydrogens (tertiary/aromatic N) is 4. The first-order valence-electron chi connectivity index (χ1n) is 9.26. The molecule has 0 amide bonds. The van der Waals surface area contributed by atoms with Crippen molar-refractivity contribution >= 4 is 28.0 Å². The Labute approximate surface area is 182 Å². The number of alkyl halides is 3. The Bertz CT molecular complexity index is 1470. The van der Waals surface area contributed by atoms with E-state index in [9.17, 15) is 17.6 Å². The van der Waals surface area contributed by atoms with Gasteiger partial charge in [0.25, 0.3) is 0 Å². The second-order valence-corrected chi connectivity index (χ2v) is 7.21. The molecule has 10 heteroatoms. The van der Waals surface area contributed by atoms with Gasteiger partial charge in [-0.25, -0.2) is 4.39 Å². The van der Waals surface area contributed by atoms with E-state index in [4.69, 9.17) is 16.3 Å². The smallest absolute Gasteiger partial charge is 0.416 e. The van der Waals surface area contributed by atoms with Crippen LogP contribution in [-0.4, -0.2) is 19.8 Å². The van der Waals surface area contributed by atoms with Gasteiger partial charge in [0, 0.05) is 10.9 Å². The van der Waals surface area contributed by atoms with Gasteiger partial charge in [-0.15, -0.1) is 15.3 Å². The standard InChI is InChI=1S/C22H11ClF4N4O/c23-21-29-28-19-16-9-7-14(24)11-17(16)20(30-31(19)21)32-18-10-13(22(25,26)27)6-8-15(18)12-4-2-1-3-5-12/h1-11H. The van der Waals surface area contributed by atoms with Gasteiger partial charge in [-0.3, -0.25) is 0 Å². The Hall–Kier alpha value is -3.72. The summed E-state index contributed by atoms with van der Waals surface area (Å²) in [7, 11) is 0. The molecule has 0 radical (unpaired) electrons. The number of aromatic nitrogens is 4. The zero-order valence-electron chi connectivity index (χ0n) is 15.9. The monoisotopic (exact) mass is 458 g/mol. The van der Waals surface area contributed by atoms with Crippen LogP contribution < -0.4 is 4.74 Å². The first kappa shape index (κ1) is 20.2. The lowest BCUT2D eigenvalue weighted by Gasteiger charge is -2.15. The maximum Gasteiger partial charge on any atom is 0.416 e. The van der Waals surface area contributed by atoms with Crippen molar-refractivity contribution in [1.82, 2.24) is 19.8 Å². The van der Waals surface area contributed by atoms with Crippen LogP contribution in [-0.2, 0) is 6.18 Å². The molecule has 0 saturated heterocycles. The first-order chi connectivity index (χ1) is 15.3. The largest absolute Gasteiger partial charge is 0.436 e. The van der Waals surface area contributed by atoms with Crippen LogP contribution in [0.1, 0.15) is 5.56 Å². The highest BCUT2D eigenvalue weighted by Crippen LogP contribution is 2.40. The summed E-state index contributed by atoms with van der Waals surface area (Å²) >= 11 is 6.04. The van der Waals surface area contributed by atoms with Crippen molar-refractivity contribution in [2.75, 3.05) is 0 Å². The Morgan fingerprint density at radius 2 is 1.66 bits per heavy atom. The van der Waals surface area contributed by atoms with E-state index >= 15 is 0 Å². The van der Waals surface area contributed by atoms with E-state index in [1.54, 1.807) is 30.3 Å². The van der Waals surface area contributed by atoms with Crippen molar-refractivity contribution in [2.45, 2.75) is 6.18 Å². The molecule has 0 saturated carbocycles. The molecule has 0 aliphatic heterocycles. The molecule has 0 bridgehead atoms. The van der Waals surface area contributed by atoms with E-state index < -0.39 is 17.6 Å². The van der Waals surface area contributed by atoms with Gasteiger partial charge >= 0.3 is 6.18 Å². The van der Waals surface area contributed by atoms with E-state index in [0.717, 1.165) is 18.2 Å². The third kappa shape index (κ3) is 3.50. The normalized spacial score (nSPS) is 11.9. The summed E-state index contributed by atoms with van der Waals surface area (Å²) < 4.78 is 61.3. The van der Waals surface area contributed by atoms with Crippen LogP contribution in [0.15, 0.2) is 66.7 Å². The lowest BCUT2D eigenvalue weighted by molar-refractivity contribution is -0.137. The van der Waals surface area contributed by atoms with Crippen molar-refractivity contribution in [3.63, 3.8) is 0 Å². The first-order valence-corrected chi connectivity index (χ1v) is 9.64. The number of rotatable bonds is 3. The van der Waals surface area contributed by atoms with Crippen molar-refractivity contribution in [3.8, 4) is 22.8 Å². The van der Waals surface area contributed by atoms with Crippen LogP contribution in [0, 0.1) is 5.82 Å². The van der Waals surface area contributed by atoms with Crippen molar-refractivity contribution < 1.29 is 22.3 Å². The molecule has 0 aliphatic carbocycles. The third-order valence-electron chi connectivity index (χ3n) is 4.85. The van der Waals surface area contributed by atoms with Crippen molar-refractivity contribution in [2.24, 2.45) is 0 Å². The van der Waals surface area contributed by atoms with Gasteiger partial charge in [0.2, 0.25) is 11.2 Å². The lowest BCUT2D eigenvalue weighted by Crippen LogP contribution is -2.06. The Morgan fingerprint density at radius 1 is 0.875 bits per heavy atom. The second-order valence-electron chi connectivity index (χ2n) is 6.88. The van der Waals surface area contributed by atoms with Gasteiger partial charge in [0.15, 0.2) is 5.65 Å². The van der Waals surface area contributed by atoms with Crippen molar-refractivity contribution in [3.05, 3.63) is 83.4 Å². The molecular weight excluding hydrogens is 448 g/mol. The molecule has 5 aromatic rings. The fourth-order valence-electron chi connectivity index (χ4n) is 3.37. The van der Waals surface area contributed by atoms with Gasteiger partial charge in [-0.05, 0) is 47.5 Å². The minimum absolute atomic E-state index is 0.0802. The number of hydrogen-bond acceptors (Lipinski definition) is 4. The topological polar surface area (TPSA) is 52.3 Å². The zero-order valence-corrected chi connectivity index (χ0v) is 16.7. The van der Waals surface area contributed by atoms with Crippen molar-refractivity contribution in [1.29, 1.82) is 0 Å². The highest BCUT2D eigenvalue weighted by Gasteiger charge is 2.31. The van der Waals surface area contributed by atoms with Crippen LogP contribution in [0.25, 0.3) is 27.5 Å². The average Bonchev–Trinajstić information content (AvgIpc) is 3.14. The molecule has 32 heavy (non-hydrogen) atoms. The predicted octanol–water partition coefficient (Wildman–Crippen LogP) is 6.55. The van der Waals surface area contributed by atoms with E-state index in [0.29, 0.717) is 16.5 Å². The summed E-state index contributed by atoms with van der Waals surface area (Å²) in [4.78, 5) is 0. The quantitative estimate of drug-likeness (QED) is 0.288. The molecular formula is C22H11ClF4N4O. The molecule has 0 unspecified atom stereocenters. The van der Waals surface area contributed by atoms with Crippen LogP contribution in [0.2, 0.25) is 5.28 Å². The minimum atomic E-state index is -4.59. The number of halogens is 5. The summed E-state index contributed by atoms with van der Waals surface area (Å²) in [6, 6.07) is 15.8. The van der Waals surface area contributed by atoms with E-state index in [1.165, 1.54) is 22.7 Å². The maximum absolute atomic E-state index is 14.0. The van der Waals surface area contributed by atoms with E-state index in [1.807, 2.05) is 0 Å². The lowest BCUT2D eigenvalue weighted by atomic mass is 10.0. The molecule has 0 aliphatic rings. The zero-order chi connectivity index (χ0) is 22.5. The molecule has 0 atom stereocenters. The SMILES string of the molecule is Fc1ccc2c(c1)c(Oc1cc(C(F)(F)F)ccc1-c1ccccc1)nn1c(Cl)nnc21. The molecule has 3 aromatic carbocycles. The number of ether oxygens (including phenoxy) is 1. The molecule has 0 N–H and O–H groups in total. The molecule has 5 nitrogen and oxygen atoms in total. The minimum Gasteiger partial charge on any atom is -0.436 e. The Balaban J connectivity index is 1.75. The fourth-order valence-corrected chi connectivity index (χ4v) is 3.52. The van der Waals surface area contributed by atoms with Crippen LogP contribution in [0.3, 0.4) is 0 Å². The summed E-state index contributed by atoms with van der Waals surface area (Å²) in [5, 5.41) is 12.4. The molecule has 160 valence electrons. The van der Waals surface area contributed by atoms with Crippen LogP contribution in [0.4, 0.5) is 17.6 Å². The molecule has 5 rings (SSSR count). The van der Waals surface area contributed by atoms with Gasteiger partial charge in [-0.1, -0.05) is 36.4 Å². The molecule has 0 fully saturated rings. The maximum atomic E-state index is 14.0. The highest BCUT2D eigenvalue weighted by atomic mass is 35.5. The summed E-state index contributed by atoms with van der Waals surface area (Å²) in [6.07, 6.45) is -4.59. The Kier molecular flexibility index (Phi) is 4.70. The fraction of sp³-hybridized carbons (Fsp3) is 0.0455. The third-order valence-corrected chi connectivity index (χ3v) is 5.08. The average molecular weight is 459 g/mol. The molecule has 2 aromatic heterocycles. The summed E-state index contributed by atoms with van der Waals surface area (Å²) in [6.45, 7) is 0. The van der Waals surface area contributed by atoms with Gasteiger partial charge in [0.05, 0.1) is 10.9 Å². The molecule has 2 heterocycles. The number of fused-ring (bicyclic) bond motifs is 3. The highest BCUT2D eigenvalue weighted by molar-refractivity contribution is 6.28. The molecule has 0 spiro atoms. The van der Waals surface area contributed by atoms with Crippen LogP contribution >= 0.6 is 11.6 Å². The van der Waals surface area contributed by atoms with Gasteiger partial charge in [-0.2, -0.15) is 17.7 Å². The van der Waals surface area contributed by atoms with E-state index in [2.05, 4.69) is 15.3 Å². The second kappa shape index (κ2) is 7.45. The van der Waals surface area contributed by atoms with Gasteiger partial charge in [0.1, 0.15) is 11.6 Å². The summed E-state index contributed by atoms with van der Waals surface area (Å²) in [5.74, 6) is -0.829. The van der Waals surface area contributed by atoms with Gasteiger partial charge < -0.3 is 4.74 Å². The van der Waals surface area contributed by atoms with E-state index in [-0.39, 0.29) is 27.9 Å². The number of benzene rings is 3. The predicted molar refractivity (Wildman–Crippen MR) is 110 cm³/mol. The number of hydrogen-bond donors (Lipinski definition) is 0. The van der Waals surface area contributed by atoms with Crippen LogP contribution in [0.5, 0.6) is 11.6 Å².